The second kappa shape index (κ2) is 4.54. The van der Waals surface area contributed by atoms with Crippen LogP contribution < -0.4 is 11.3 Å². The van der Waals surface area contributed by atoms with Crippen molar-refractivity contribution in [1.29, 1.82) is 0 Å². The Bertz CT molecular complexity index is 696. The monoisotopic (exact) mass is 281 g/mol. The number of nitrogens with zero attached hydrogens (tertiary/aromatic N) is 3. The van der Waals surface area contributed by atoms with Gasteiger partial charge in [0.2, 0.25) is 5.95 Å². The van der Waals surface area contributed by atoms with Gasteiger partial charge in [0.05, 0.1) is 12.4 Å². The summed E-state index contributed by atoms with van der Waals surface area (Å²) in [5, 5.41) is 19.9. The van der Waals surface area contributed by atoms with E-state index in [1.165, 1.54) is 10.9 Å². The van der Waals surface area contributed by atoms with Gasteiger partial charge in [0.25, 0.3) is 5.56 Å². The summed E-state index contributed by atoms with van der Waals surface area (Å²) < 4.78 is 7.00. The minimum Gasteiger partial charge on any atom is -0.388 e. The van der Waals surface area contributed by atoms with Crippen LogP contribution in [0.4, 0.5) is 5.95 Å². The molecule has 9 heteroatoms. The Morgan fingerprint density at radius 2 is 2.25 bits per heavy atom. The van der Waals surface area contributed by atoms with Gasteiger partial charge in [-0.3, -0.25) is 14.3 Å². The molecule has 0 saturated carbocycles. The molecule has 4 atom stereocenters. The van der Waals surface area contributed by atoms with Crippen LogP contribution in [0.25, 0.3) is 11.2 Å². The number of hydrogen-bond donors (Lipinski definition) is 4. The third-order valence-electron chi connectivity index (χ3n) is 3.46. The number of aromatic nitrogens is 4. The molecule has 0 radical (unpaired) electrons. The van der Waals surface area contributed by atoms with Crippen LogP contribution in [-0.4, -0.2) is 48.0 Å². The van der Waals surface area contributed by atoms with Crippen molar-refractivity contribution in [1.82, 2.24) is 19.5 Å². The zero-order chi connectivity index (χ0) is 14.4. The fraction of sp³-hybridized carbons (Fsp3) is 0.545. The summed E-state index contributed by atoms with van der Waals surface area (Å²) in [5.41, 5.74) is 5.35. The molecule has 9 nitrogen and oxygen atoms in total. The van der Waals surface area contributed by atoms with Crippen molar-refractivity contribution in [2.24, 2.45) is 0 Å². The molecule has 3 rings (SSSR count). The van der Waals surface area contributed by atoms with Crippen LogP contribution in [0, 0.1) is 0 Å². The predicted octanol–water partition coefficient (Wildman–Crippen LogP) is -1.27. The quantitative estimate of drug-likeness (QED) is 0.538. The number of fused-ring (bicyclic) bond motifs is 1. The van der Waals surface area contributed by atoms with E-state index in [2.05, 4.69) is 15.0 Å². The van der Waals surface area contributed by atoms with Gasteiger partial charge in [0, 0.05) is 0 Å². The first kappa shape index (κ1) is 13.0. The van der Waals surface area contributed by atoms with Crippen LogP contribution in [-0.2, 0) is 4.74 Å². The average molecular weight is 281 g/mol. The molecule has 0 spiro atoms. The van der Waals surface area contributed by atoms with Crippen LogP contribution in [0.3, 0.4) is 0 Å². The standard InChI is InChI=1S/C11H15N5O4/c1-2-4-6(17)7(18)10(20-4)16-3-13-5-8(16)14-11(12)15-9(5)19/h3-4,6-7,10,17-18H,2H2,1H3,(H3,12,14,15,19)/t4-,6+,7+,10-/m1/s1. The van der Waals surface area contributed by atoms with E-state index >= 15 is 0 Å². The number of aromatic amines is 1. The van der Waals surface area contributed by atoms with Gasteiger partial charge < -0.3 is 20.7 Å². The van der Waals surface area contributed by atoms with Gasteiger partial charge in [0.15, 0.2) is 17.4 Å². The molecule has 1 aliphatic heterocycles. The van der Waals surface area contributed by atoms with Gasteiger partial charge >= 0.3 is 0 Å². The van der Waals surface area contributed by atoms with Crippen molar-refractivity contribution in [2.75, 3.05) is 5.73 Å². The largest absolute Gasteiger partial charge is 0.388 e. The topological polar surface area (TPSA) is 139 Å². The van der Waals surface area contributed by atoms with E-state index in [1.807, 2.05) is 6.92 Å². The maximum Gasteiger partial charge on any atom is 0.280 e. The highest BCUT2D eigenvalue weighted by Gasteiger charge is 2.43. The second-order valence-corrected chi connectivity index (χ2v) is 4.73. The molecule has 108 valence electrons. The summed E-state index contributed by atoms with van der Waals surface area (Å²) in [6.07, 6.45) is -1.57. The zero-order valence-electron chi connectivity index (χ0n) is 10.7. The van der Waals surface area contributed by atoms with Crippen LogP contribution in [0.2, 0.25) is 0 Å². The molecule has 1 aliphatic rings. The summed E-state index contributed by atoms with van der Waals surface area (Å²) in [6.45, 7) is 1.84. The van der Waals surface area contributed by atoms with Crippen LogP contribution in [0.5, 0.6) is 0 Å². The Hall–Kier alpha value is -1.97. The van der Waals surface area contributed by atoms with E-state index in [0.29, 0.717) is 6.42 Å². The molecule has 0 amide bonds. The summed E-state index contributed by atoms with van der Waals surface area (Å²) in [5.74, 6) is -0.0515. The second-order valence-electron chi connectivity index (χ2n) is 4.73. The van der Waals surface area contributed by atoms with E-state index in [-0.39, 0.29) is 17.1 Å². The zero-order valence-corrected chi connectivity index (χ0v) is 10.7. The maximum absolute atomic E-state index is 11.7. The summed E-state index contributed by atoms with van der Waals surface area (Å²) in [4.78, 5) is 22.0. The number of aliphatic hydroxyl groups excluding tert-OH is 2. The molecule has 1 fully saturated rings. The van der Waals surface area contributed by atoms with Gasteiger partial charge in [-0.2, -0.15) is 4.98 Å². The van der Waals surface area contributed by atoms with Crippen molar-refractivity contribution >= 4 is 17.1 Å². The first-order valence-corrected chi connectivity index (χ1v) is 6.26. The van der Waals surface area contributed by atoms with E-state index in [1.54, 1.807) is 0 Å². The number of H-pyrrole nitrogens is 1. The van der Waals surface area contributed by atoms with Crippen LogP contribution >= 0.6 is 0 Å². The predicted molar refractivity (Wildman–Crippen MR) is 68.8 cm³/mol. The van der Waals surface area contributed by atoms with E-state index in [9.17, 15) is 15.0 Å². The number of hydrogen-bond acceptors (Lipinski definition) is 7. The molecule has 0 aromatic carbocycles. The van der Waals surface area contributed by atoms with Gasteiger partial charge in [-0.05, 0) is 6.42 Å². The van der Waals surface area contributed by atoms with Crippen molar-refractivity contribution in [3.63, 3.8) is 0 Å². The number of ether oxygens (including phenoxy) is 1. The Balaban J connectivity index is 2.09. The lowest BCUT2D eigenvalue weighted by Gasteiger charge is -2.16. The van der Waals surface area contributed by atoms with Gasteiger partial charge in [-0.25, -0.2) is 4.98 Å². The molecular formula is C11H15N5O4. The molecule has 2 aromatic rings. The number of nitrogens with two attached hydrogens (primary N) is 1. The third-order valence-corrected chi connectivity index (χ3v) is 3.46. The van der Waals surface area contributed by atoms with Crippen LogP contribution in [0.15, 0.2) is 11.1 Å². The normalized spacial score (nSPS) is 30.1. The molecule has 1 saturated heterocycles. The Morgan fingerprint density at radius 3 is 2.90 bits per heavy atom. The highest BCUT2D eigenvalue weighted by molar-refractivity contribution is 5.70. The average Bonchev–Trinajstić information content (AvgIpc) is 2.93. The first-order chi connectivity index (χ1) is 9.52. The van der Waals surface area contributed by atoms with Gasteiger partial charge in [-0.1, -0.05) is 6.92 Å². The van der Waals surface area contributed by atoms with Crippen LogP contribution in [0.1, 0.15) is 19.6 Å². The smallest absolute Gasteiger partial charge is 0.280 e. The lowest BCUT2D eigenvalue weighted by Crippen LogP contribution is -2.31. The minimum absolute atomic E-state index is 0.0515. The molecule has 20 heavy (non-hydrogen) atoms. The molecular weight excluding hydrogens is 266 g/mol. The SMILES string of the molecule is CC[C@H]1O[C@@H](n2cnc3c(=O)[nH]c(N)nc32)[C@@H](O)[C@H]1O. The van der Waals surface area contributed by atoms with Crippen molar-refractivity contribution in [2.45, 2.75) is 37.9 Å². The van der Waals surface area contributed by atoms with E-state index in [0.717, 1.165) is 0 Å². The number of aliphatic hydroxyl groups is 2. The van der Waals surface area contributed by atoms with Crippen molar-refractivity contribution < 1.29 is 14.9 Å². The number of anilines is 1. The van der Waals surface area contributed by atoms with E-state index in [4.69, 9.17) is 10.5 Å². The summed E-state index contributed by atoms with van der Waals surface area (Å²) >= 11 is 0. The van der Waals surface area contributed by atoms with E-state index < -0.39 is 30.1 Å². The van der Waals surface area contributed by atoms with Gasteiger partial charge in [-0.15, -0.1) is 0 Å². The molecule has 0 unspecified atom stereocenters. The molecule has 3 heterocycles. The lowest BCUT2D eigenvalue weighted by atomic mass is 10.1. The maximum atomic E-state index is 11.7. The lowest BCUT2D eigenvalue weighted by molar-refractivity contribution is -0.0355. The number of rotatable bonds is 2. The number of nitrogens with one attached hydrogen (secondary N) is 1. The fourth-order valence-electron chi connectivity index (χ4n) is 2.43. The van der Waals surface area contributed by atoms with Crippen molar-refractivity contribution in [3.05, 3.63) is 16.7 Å². The third kappa shape index (κ3) is 1.79. The Labute approximate surface area is 113 Å². The first-order valence-electron chi connectivity index (χ1n) is 6.26. The highest BCUT2D eigenvalue weighted by Crippen LogP contribution is 2.32. The molecule has 0 bridgehead atoms. The Morgan fingerprint density at radius 1 is 1.50 bits per heavy atom. The molecule has 0 aliphatic carbocycles. The minimum atomic E-state index is -1.13. The van der Waals surface area contributed by atoms with Gasteiger partial charge in [0.1, 0.15) is 12.2 Å². The van der Waals surface area contributed by atoms with Crippen molar-refractivity contribution in [3.8, 4) is 0 Å². The summed E-state index contributed by atoms with van der Waals surface area (Å²) in [7, 11) is 0. The number of imidazole rings is 1. The summed E-state index contributed by atoms with van der Waals surface area (Å²) in [6, 6.07) is 0. The highest BCUT2D eigenvalue weighted by atomic mass is 16.6. The molecule has 2 aromatic heterocycles. The Kier molecular flexibility index (Phi) is 2.96. The fourth-order valence-corrected chi connectivity index (χ4v) is 2.43. The number of nitrogen functional groups attached to an aromatic ring is 1. The molecule has 5 N–H and O–H groups in total.